The molecule has 0 spiro atoms. The first-order valence-electron chi connectivity index (χ1n) is 9.47. The number of rotatable bonds is 6. The molecule has 4 nitrogen and oxygen atoms in total. The second-order valence-corrected chi connectivity index (χ2v) is 7.23. The molecule has 0 radical (unpaired) electrons. The van der Waals surface area contributed by atoms with Gasteiger partial charge >= 0.3 is 0 Å². The maximum absolute atomic E-state index is 13.8. The fraction of sp³-hybridized carbons (Fsp3) is 0.364. The van der Waals surface area contributed by atoms with E-state index in [1.54, 1.807) is 23.1 Å². The van der Waals surface area contributed by atoms with Gasteiger partial charge in [0.1, 0.15) is 11.6 Å². The SMILES string of the molecule is CC(Cc1ccccc1F)C(=O)N1CCN(CC(=O)c2ccc(F)cc2)CC1. The van der Waals surface area contributed by atoms with Crippen LogP contribution >= 0.6 is 0 Å². The van der Waals surface area contributed by atoms with Crippen LogP contribution in [0.4, 0.5) is 8.78 Å². The molecule has 1 saturated heterocycles. The number of amides is 1. The summed E-state index contributed by atoms with van der Waals surface area (Å²) in [5.41, 5.74) is 1.03. The lowest BCUT2D eigenvalue weighted by Crippen LogP contribution is -2.51. The van der Waals surface area contributed by atoms with E-state index >= 15 is 0 Å². The van der Waals surface area contributed by atoms with E-state index in [1.165, 1.54) is 30.3 Å². The van der Waals surface area contributed by atoms with Crippen molar-refractivity contribution in [2.45, 2.75) is 13.3 Å². The Balaban J connectivity index is 1.49. The third-order valence-corrected chi connectivity index (χ3v) is 5.12. The summed E-state index contributed by atoms with van der Waals surface area (Å²) in [5, 5.41) is 0. The van der Waals surface area contributed by atoms with Crippen LogP contribution in [0, 0.1) is 17.6 Å². The highest BCUT2D eigenvalue weighted by Crippen LogP contribution is 2.16. The maximum atomic E-state index is 13.8. The summed E-state index contributed by atoms with van der Waals surface area (Å²) < 4.78 is 26.8. The number of ketones is 1. The Bertz CT molecular complexity index is 831. The van der Waals surface area contributed by atoms with Gasteiger partial charge in [0.2, 0.25) is 5.91 Å². The van der Waals surface area contributed by atoms with E-state index in [2.05, 4.69) is 0 Å². The average Bonchev–Trinajstić information content (AvgIpc) is 2.70. The lowest BCUT2D eigenvalue weighted by Gasteiger charge is -2.35. The second-order valence-electron chi connectivity index (χ2n) is 7.23. The molecule has 2 aromatic carbocycles. The van der Waals surface area contributed by atoms with E-state index in [9.17, 15) is 18.4 Å². The molecule has 0 saturated carbocycles. The van der Waals surface area contributed by atoms with Crippen molar-refractivity contribution in [3.05, 3.63) is 71.3 Å². The van der Waals surface area contributed by atoms with Crippen LogP contribution < -0.4 is 0 Å². The number of halogens is 2. The minimum absolute atomic E-state index is 0.00719. The first kappa shape index (κ1) is 20.1. The van der Waals surface area contributed by atoms with Gasteiger partial charge in [-0.15, -0.1) is 0 Å². The van der Waals surface area contributed by atoms with Crippen LogP contribution in [0.15, 0.2) is 48.5 Å². The van der Waals surface area contributed by atoms with E-state index in [0.717, 1.165) is 0 Å². The number of hydrogen-bond donors (Lipinski definition) is 0. The van der Waals surface area contributed by atoms with Gasteiger partial charge in [-0.05, 0) is 42.3 Å². The molecule has 148 valence electrons. The summed E-state index contributed by atoms with van der Waals surface area (Å²) in [6, 6.07) is 12.1. The van der Waals surface area contributed by atoms with Gasteiger partial charge in [-0.2, -0.15) is 0 Å². The number of carbonyl (C=O) groups is 2. The highest BCUT2D eigenvalue weighted by atomic mass is 19.1. The van der Waals surface area contributed by atoms with Crippen LogP contribution in [-0.2, 0) is 11.2 Å². The molecule has 1 aliphatic heterocycles. The van der Waals surface area contributed by atoms with Crippen molar-refractivity contribution in [2.24, 2.45) is 5.92 Å². The van der Waals surface area contributed by atoms with Crippen LogP contribution in [0.25, 0.3) is 0 Å². The zero-order valence-corrected chi connectivity index (χ0v) is 15.9. The Hall–Kier alpha value is -2.60. The Morgan fingerprint density at radius 2 is 1.61 bits per heavy atom. The average molecular weight is 386 g/mol. The largest absolute Gasteiger partial charge is 0.340 e. The zero-order valence-electron chi connectivity index (χ0n) is 15.9. The van der Waals surface area contributed by atoms with E-state index in [0.29, 0.717) is 43.7 Å². The molecule has 1 amide bonds. The minimum Gasteiger partial charge on any atom is -0.340 e. The zero-order chi connectivity index (χ0) is 20.1. The number of benzene rings is 2. The molecule has 1 fully saturated rings. The summed E-state index contributed by atoms with van der Waals surface area (Å²) in [7, 11) is 0. The smallest absolute Gasteiger partial charge is 0.225 e. The van der Waals surface area contributed by atoms with Crippen LogP contribution in [0.3, 0.4) is 0 Å². The topological polar surface area (TPSA) is 40.6 Å². The van der Waals surface area contributed by atoms with Crippen molar-refractivity contribution < 1.29 is 18.4 Å². The highest BCUT2D eigenvalue weighted by Gasteiger charge is 2.26. The number of carbonyl (C=O) groups excluding carboxylic acids is 2. The van der Waals surface area contributed by atoms with Gasteiger partial charge in [-0.1, -0.05) is 25.1 Å². The van der Waals surface area contributed by atoms with Gasteiger partial charge in [0.25, 0.3) is 0 Å². The van der Waals surface area contributed by atoms with Crippen LogP contribution in [0.5, 0.6) is 0 Å². The number of Topliss-reactive ketones (excluding diaryl/α,β-unsaturated/α-hetero) is 1. The van der Waals surface area contributed by atoms with E-state index < -0.39 is 0 Å². The third kappa shape index (κ3) is 5.01. The Kier molecular flexibility index (Phi) is 6.52. The monoisotopic (exact) mass is 386 g/mol. The molecule has 1 atom stereocenters. The molecule has 28 heavy (non-hydrogen) atoms. The molecule has 0 aliphatic carbocycles. The Morgan fingerprint density at radius 1 is 0.964 bits per heavy atom. The van der Waals surface area contributed by atoms with Crippen molar-refractivity contribution in [1.82, 2.24) is 9.80 Å². The van der Waals surface area contributed by atoms with Gasteiger partial charge in [-0.25, -0.2) is 8.78 Å². The third-order valence-electron chi connectivity index (χ3n) is 5.12. The standard InChI is InChI=1S/C22H24F2N2O2/c1-16(14-18-4-2-3-5-20(18)24)22(28)26-12-10-25(11-13-26)15-21(27)17-6-8-19(23)9-7-17/h2-9,16H,10-15H2,1H3. The second kappa shape index (κ2) is 9.06. The summed E-state index contributed by atoms with van der Waals surface area (Å²) >= 11 is 0. The van der Waals surface area contributed by atoms with Gasteiger partial charge < -0.3 is 4.90 Å². The predicted molar refractivity (Wildman–Crippen MR) is 103 cm³/mol. The van der Waals surface area contributed by atoms with Gasteiger partial charge in [-0.3, -0.25) is 14.5 Å². The molecule has 1 unspecified atom stereocenters. The summed E-state index contributed by atoms with van der Waals surface area (Å²) in [6.45, 7) is 4.35. The van der Waals surface area contributed by atoms with Crippen molar-refractivity contribution in [3.8, 4) is 0 Å². The summed E-state index contributed by atoms with van der Waals surface area (Å²) in [4.78, 5) is 28.8. The Morgan fingerprint density at radius 3 is 2.25 bits per heavy atom. The fourth-order valence-corrected chi connectivity index (χ4v) is 3.45. The first-order chi connectivity index (χ1) is 13.4. The summed E-state index contributed by atoms with van der Waals surface area (Å²) in [5.74, 6) is -1.01. The van der Waals surface area contributed by atoms with Crippen molar-refractivity contribution >= 4 is 11.7 Å². The van der Waals surface area contributed by atoms with E-state index in [-0.39, 0.29) is 35.8 Å². The lowest BCUT2D eigenvalue weighted by molar-refractivity contribution is -0.136. The minimum atomic E-state index is -0.367. The van der Waals surface area contributed by atoms with E-state index in [1.807, 2.05) is 11.8 Å². The fourth-order valence-electron chi connectivity index (χ4n) is 3.45. The first-order valence-corrected chi connectivity index (χ1v) is 9.47. The highest BCUT2D eigenvalue weighted by molar-refractivity contribution is 5.97. The van der Waals surface area contributed by atoms with Gasteiger partial charge in [0, 0.05) is 37.7 Å². The van der Waals surface area contributed by atoms with Gasteiger partial charge in [0.15, 0.2) is 5.78 Å². The lowest BCUT2D eigenvalue weighted by atomic mass is 9.99. The molecule has 2 aromatic rings. The molecule has 6 heteroatoms. The quantitative estimate of drug-likeness (QED) is 0.716. The predicted octanol–water partition coefficient (Wildman–Crippen LogP) is 3.17. The molecule has 0 aromatic heterocycles. The summed E-state index contributed by atoms with van der Waals surface area (Å²) in [6.07, 6.45) is 0.370. The number of piperazine rings is 1. The van der Waals surface area contributed by atoms with Crippen LogP contribution in [0.2, 0.25) is 0 Å². The van der Waals surface area contributed by atoms with Gasteiger partial charge in [0.05, 0.1) is 6.54 Å². The molecular formula is C22H24F2N2O2. The molecule has 0 N–H and O–H groups in total. The van der Waals surface area contributed by atoms with E-state index in [4.69, 9.17) is 0 Å². The molecule has 1 heterocycles. The molecule has 1 aliphatic rings. The van der Waals surface area contributed by atoms with Crippen molar-refractivity contribution in [1.29, 1.82) is 0 Å². The van der Waals surface area contributed by atoms with Crippen LogP contribution in [-0.4, -0.2) is 54.2 Å². The van der Waals surface area contributed by atoms with Crippen molar-refractivity contribution in [2.75, 3.05) is 32.7 Å². The number of nitrogens with zero attached hydrogens (tertiary/aromatic N) is 2. The molecule has 3 rings (SSSR count). The Labute approximate surface area is 163 Å². The molecular weight excluding hydrogens is 362 g/mol. The van der Waals surface area contributed by atoms with Crippen LogP contribution in [0.1, 0.15) is 22.8 Å². The normalized spacial score (nSPS) is 16.0. The number of hydrogen-bond acceptors (Lipinski definition) is 3. The molecule has 0 bridgehead atoms. The van der Waals surface area contributed by atoms with Crippen molar-refractivity contribution in [3.63, 3.8) is 0 Å². The maximum Gasteiger partial charge on any atom is 0.225 e.